The Balaban J connectivity index is 2.11. The van der Waals surface area contributed by atoms with E-state index in [0.717, 1.165) is 0 Å². The van der Waals surface area contributed by atoms with Crippen LogP contribution >= 0.6 is 11.8 Å². The molecule has 0 unspecified atom stereocenters. The average molecular weight is 229 g/mol. The number of hydrogen-bond donors (Lipinski definition) is 1. The van der Waals surface area contributed by atoms with E-state index in [-0.39, 0.29) is 5.54 Å². The smallest absolute Gasteiger partial charge is 0.00967 e. The second-order valence-corrected chi connectivity index (χ2v) is 7.30. The van der Waals surface area contributed by atoms with Crippen LogP contribution in [0, 0.1) is 5.41 Å². The maximum absolute atomic E-state index is 3.66. The quantitative estimate of drug-likeness (QED) is 0.668. The Morgan fingerprint density at radius 2 is 1.93 bits per heavy atom. The van der Waals surface area contributed by atoms with Gasteiger partial charge >= 0.3 is 0 Å². The molecule has 1 fully saturated rings. The third-order valence-corrected chi connectivity index (χ3v) is 4.14. The van der Waals surface area contributed by atoms with Gasteiger partial charge < -0.3 is 5.32 Å². The lowest BCUT2D eigenvalue weighted by Crippen LogP contribution is -2.39. The molecular formula is C13H27NS. The van der Waals surface area contributed by atoms with Gasteiger partial charge in [0.15, 0.2) is 0 Å². The molecule has 0 radical (unpaired) electrons. The van der Waals surface area contributed by atoms with E-state index in [1.807, 2.05) is 0 Å². The predicted octanol–water partition coefficient (Wildman–Crippen LogP) is 3.69. The fourth-order valence-corrected chi connectivity index (χ4v) is 2.48. The predicted molar refractivity (Wildman–Crippen MR) is 71.7 cm³/mol. The maximum Gasteiger partial charge on any atom is 0.00967 e. The Kier molecular flexibility index (Phi) is 4.98. The second kappa shape index (κ2) is 5.58. The normalized spacial score (nSPS) is 19.2. The summed E-state index contributed by atoms with van der Waals surface area (Å²) in [6, 6.07) is 0. The van der Waals surface area contributed by atoms with Crippen molar-refractivity contribution < 1.29 is 0 Å². The van der Waals surface area contributed by atoms with Crippen LogP contribution in [-0.2, 0) is 0 Å². The molecule has 1 saturated carbocycles. The molecule has 0 atom stereocenters. The topological polar surface area (TPSA) is 12.0 Å². The molecule has 1 aliphatic carbocycles. The number of thioether (sulfide) groups is 1. The minimum Gasteiger partial charge on any atom is -0.312 e. The Morgan fingerprint density at radius 1 is 1.27 bits per heavy atom. The van der Waals surface area contributed by atoms with Crippen molar-refractivity contribution in [3.05, 3.63) is 0 Å². The molecule has 1 N–H and O–H groups in total. The Bertz CT molecular complexity index is 179. The summed E-state index contributed by atoms with van der Waals surface area (Å²) in [5.41, 5.74) is 0.968. The monoisotopic (exact) mass is 229 g/mol. The number of nitrogens with one attached hydrogen (secondary N) is 1. The van der Waals surface area contributed by atoms with Crippen LogP contribution in [0.2, 0.25) is 0 Å². The maximum atomic E-state index is 3.66. The third kappa shape index (κ3) is 5.82. The van der Waals surface area contributed by atoms with Crippen LogP contribution in [0.3, 0.4) is 0 Å². The first kappa shape index (κ1) is 13.4. The van der Waals surface area contributed by atoms with Gasteiger partial charge in [-0.15, -0.1) is 0 Å². The standard InChI is InChI=1S/C13H27NS/c1-5-15-10-6-7-13(8-9-13)11-14-12(2,3)4/h14H,5-11H2,1-4H3. The molecule has 0 aromatic heterocycles. The van der Waals surface area contributed by atoms with Crippen molar-refractivity contribution in [3.8, 4) is 0 Å². The molecule has 2 heteroatoms. The van der Waals surface area contributed by atoms with E-state index in [1.165, 1.54) is 43.7 Å². The van der Waals surface area contributed by atoms with Crippen LogP contribution in [0.4, 0.5) is 0 Å². The molecular weight excluding hydrogens is 202 g/mol. The largest absolute Gasteiger partial charge is 0.312 e. The van der Waals surface area contributed by atoms with Gasteiger partial charge in [-0.25, -0.2) is 0 Å². The third-order valence-electron chi connectivity index (χ3n) is 3.15. The van der Waals surface area contributed by atoms with Crippen molar-refractivity contribution >= 4 is 11.8 Å². The second-order valence-electron chi connectivity index (χ2n) is 5.90. The zero-order chi connectivity index (χ0) is 11.4. The summed E-state index contributed by atoms with van der Waals surface area (Å²) in [6.45, 7) is 10.3. The number of rotatable bonds is 7. The molecule has 0 aliphatic heterocycles. The fourth-order valence-electron chi connectivity index (χ4n) is 1.84. The molecule has 15 heavy (non-hydrogen) atoms. The zero-order valence-corrected chi connectivity index (χ0v) is 11.7. The Labute approximate surface area is 99.8 Å². The molecule has 0 bridgehead atoms. The summed E-state index contributed by atoms with van der Waals surface area (Å²) in [6.07, 6.45) is 5.74. The van der Waals surface area contributed by atoms with Crippen molar-refractivity contribution in [2.45, 2.75) is 58.9 Å². The van der Waals surface area contributed by atoms with Gasteiger partial charge in [0.05, 0.1) is 0 Å². The number of hydrogen-bond acceptors (Lipinski definition) is 2. The zero-order valence-electron chi connectivity index (χ0n) is 10.9. The molecule has 1 rings (SSSR count). The van der Waals surface area contributed by atoms with Crippen LogP contribution in [0.15, 0.2) is 0 Å². The summed E-state index contributed by atoms with van der Waals surface area (Å²) in [5, 5.41) is 3.66. The molecule has 0 saturated heterocycles. The average Bonchev–Trinajstić information content (AvgIpc) is 2.90. The van der Waals surface area contributed by atoms with E-state index in [9.17, 15) is 0 Å². The molecule has 0 aromatic rings. The van der Waals surface area contributed by atoms with E-state index in [2.05, 4.69) is 44.8 Å². The van der Waals surface area contributed by atoms with Crippen LogP contribution in [0.5, 0.6) is 0 Å². The highest BCUT2D eigenvalue weighted by molar-refractivity contribution is 7.99. The Morgan fingerprint density at radius 3 is 2.40 bits per heavy atom. The van der Waals surface area contributed by atoms with Crippen molar-refractivity contribution in [2.75, 3.05) is 18.1 Å². The molecule has 1 aliphatic rings. The van der Waals surface area contributed by atoms with Crippen molar-refractivity contribution in [3.63, 3.8) is 0 Å². The lowest BCUT2D eigenvalue weighted by Gasteiger charge is -2.25. The SMILES string of the molecule is CCSCCCC1(CNC(C)(C)C)CC1. The van der Waals surface area contributed by atoms with Gasteiger partial charge in [0.2, 0.25) is 0 Å². The van der Waals surface area contributed by atoms with Crippen LogP contribution in [-0.4, -0.2) is 23.6 Å². The van der Waals surface area contributed by atoms with Gasteiger partial charge in [-0.2, -0.15) is 11.8 Å². The summed E-state index contributed by atoms with van der Waals surface area (Å²) >= 11 is 2.08. The summed E-state index contributed by atoms with van der Waals surface area (Å²) in [5.74, 6) is 2.63. The van der Waals surface area contributed by atoms with E-state index in [4.69, 9.17) is 0 Å². The molecule has 0 spiro atoms. The molecule has 90 valence electrons. The van der Waals surface area contributed by atoms with Gasteiger partial charge in [0.25, 0.3) is 0 Å². The van der Waals surface area contributed by atoms with E-state index in [0.29, 0.717) is 5.41 Å². The van der Waals surface area contributed by atoms with Crippen LogP contribution < -0.4 is 5.32 Å². The lowest BCUT2D eigenvalue weighted by molar-refractivity contribution is 0.343. The van der Waals surface area contributed by atoms with Crippen molar-refractivity contribution in [1.82, 2.24) is 5.32 Å². The van der Waals surface area contributed by atoms with Gasteiger partial charge in [-0.3, -0.25) is 0 Å². The summed E-state index contributed by atoms with van der Waals surface area (Å²) in [4.78, 5) is 0. The minimum absolute atomic E-state index is 0.285. The first-order chi connectivity index (χ1) is 6.97. The highest BCUT2D eigenvalue weighted by atomic mass is 32.2. The molecule has 0 heterocycles. The van der Waals surface area contributed by atoms with E-state index < -0.39 is 0 Å². The fraction of sp³-hybridized carbons (Fsp3) is 1.00. The van der Waals surface area contributed by atoms with Crippen molar-refractivity contribution in [1.29, 1.82) is 0 Å². The van der Waals surface area contributed by atoms with E-state index >= 15 is 0 Å². The van der Waals surface area contributed by atoms with Gasteiger partial charge in [0.1, 0.15) is 0 Å². The van der Waals surface area contributed by atoms with Crippen LogP contribution in [0.25, 0.3) is 0 Å². The van der Waals surface area contributed by atoms with Gasteiger partial charge in [-0.1, -0.05) is 6.92 Å². The van der Waals surface area contributed by atoms with Crippen molar-refractivity contribution in [2.24, 2.45) is 5.41 Å². The van der Waals surface area contributed by atoms with Crippen LogP contribution in [0.1, 0.15) is 53.4 Å². The summed E-state index contributed by atoms with van der Waals surface area (Å²) < 4.78 is 0. The van der Waals surface area contributed by atoms with Gasteiger partial charge in [-0.05, 0) is 63.4 Å². The van der Waals surface area contributed by atoms with Gasteiger partial charge in [0, 0.05) is 12.1 Å². The first-order valence-electron chi connectivity index (χ1n) is 6.30. The van der Waals surface area contributed by atoms with E-state index in [1.54, 1.807) is 0 Å². The summed E-state index contributed by atoms with van der Waals surface area (Å²) in [7, 11) is 0. The lowest BCUT2D eigenvalue weighted by atomic mass is 9.99. The highest BCUT2D eigenvalue weighted by Crippen LogP contribution is 2.49. The molecule has 1 nitrogen and oxygen atoms in total. The minimum atomic E-state index is 0.285. The Hall–Kier alpha value is 0.310. The first-order valence-corrected chi connectivity index (χ1v) is 7.46. The molecule has 0 amide bonds. The highest BCUT2D eigenvalue weighted by Gasteiger charge is 2.41. The molecule has 0 aromatic carbocycles.